The van der Waals surface area contributed by atoms with Gasteiger partial charge >= 0.3 is 0 Å². The van der Waals surface area contributed by atoms with Crippen molar-refractivity contribution in [3.63, 3.8) is 0 Å². The SMILES string of the molecule is Cc1ccc(C2=CC3C(C2)C3c2noc(Cn3cnc4ncn(C)c4c3=O)n2)cc1. The maximum Gasteiger partial charge on any atom is 0.280 e. The molecule has 0 saturated heterocycles. The lowest BCUT2D eigenvalue weighted by Crippen LogP contribution is -2.22. The molecule has 1 saturated carbocycles. The van der Waals surface area contributed by atoms with E-state index in [1.54, 1.807) is 17.9 Å². The zero-order chi connectivity index (χ0) is 20.4. The second kappa shape index (κ2) is 6.22. The highest BCUT2D eigenvalue weighted by Crippen LogP contribution is 2.62. The molecule has 0 bridgehead atoms. The summed E-state index contributed by atoms with van der Waals surface area (Å²) in [7, 11) is 1.78. The predicted octanol–water partition coefficient (Wildman–Crippen LogP) is 2.69. The van der Waals surface area contributed by atoms with E-state index in [-0.39, 0.29) is 12.1 Å². The Morgan fingerprint density at radius 3 is 2.73 bits per heavy atom. The van der Waals surface area contributed by atoms with Gasteiger partial charge in [-0.2, -0.15) is 4.98 Å². The molecule has 2 aliphatic rings. The van der Waals surface area contributed by atoms with Gasteiger partial charge in [0.25, 0.3) is 5.56 Å². The van der Waals surface area contributed by atoms with Crippen LogP contribution in [0.3, 0.4) is 0 Å². The lowest BCUT2D eigenvalue weighted by atomic mass is 10.00. The van der Waals surface area contributed by atoms with Crippen molar-refractivity contribution in [3.05, 3.63) is 76.2 Å². The third-order valence-electron chi connectivity index (χ3n) is 6.29. The Bertz CT molecular complexity index is 1360. The Balaban J connectivity index is 1.20. The van der Waals surface area contributed by atoms with E-state index in [1.165, 1.54) is 27.6 Å². The third-order valence-corrected chi connectivity index (χ3v) is 6.29. The van der Waals surface area contributed by atoms with Crippen LogP contribution >= 0.6 is 0 Å². The molecule has 1 fully saturated rings. The molecule has 3 aromatic heterocycles. The first kappa shape index (κ1) is 17.3. The molecule has 3 unspecified atom stereocenters. The number of hydrogen-bond acceptors (Lipinski definition) is 6. The third kappa shape index (κ3) is 2.63. The Hall–Kier alpha value is -3.55. The summed E-state index contributed by atoms with van der Waals surface area (Å²) in [5.41, 5.74) is 4.71. The molecule has 2 aliphatic carbocycles. The molecule has 0 spiro atoms. The highest BCUT2D eigenvalue weighted by atomic mass is 16.5. The van der Waals surface area contributed by atoms with Crippen molar-refractivity contribution < 1.29 is 4.52 Å². The minimum atomic E-state index is -0.172. The standard InChI is InChI=1S/C22H20N6O2/c1-12-3-5-13(6-4-12)14-7-15-16(8-14)18(15)20-25-17(30-26-20)9-28-11-24-21-19(22(28)29)27(2)10-23-21/h3-7,10-11,15-16,18H,8-9H2,1-2H3. The van der Waals surface area contributed by atoms with Gasteiger partial charge in [-0.1, -0.05) is 41.1 Å². The van der Waals surface area contributed by atoms with Gasteiger partial charge in [-0.05, 0) is 36.3 Å². The molecule has 3 heterocycles. The molecular weight excluding hydrogens is 380 g/mol. The van der Waals surface area contributed by atoms with E-state index in [4.69, 9.17) is 4.52 Å². The number of allylic oxidation sites excluding steroid dienone is 2. The van der Waals surface area contributed by atoms with Gasteiger partial charge in [0, 0.05) is 13.0 Å². The molecule has 8 nitrogen and oxygen atoms in total. The molecule has 8 heteroatoms. The lowest BCUT2D eigenvalue weighted by molar-refractivity contribution is 0.364. The zero-order valence-electron chi connectivity index (χ0n) is 16.7. The molecule has 0 aliphatic heterocycles. The molecule has 4 aromatic rings. The molecule has 30 heavy (non-hydrogen) atoms. The van der Waals surface area contributed by atoms with Crippen LogP contribution < -0.4 is 5.56 Å². The number of hydrogen-bond donors (Lipinski definition) is 0. The first-order chi connectivity index (χ1) is 14.6. The number of aryl methyl sites for hydroxylation is 2. The van der Waals surface area contributed by atoms with E-state index >= 15 is 0 Å². The van der Waals surface area contributed by atoms with Crippen LogP contribution in [0.25, 0.3) is 16.7 Å². The number of nitrogens with zero attached hydrogens (tertiary/aromatic N) is 6. The van der Waals surface area contributed by atoms with Crippen LogP contribution in [0.5, 0.6) is 0 Å². The normalized spacial score (nSPS) is 22.3. The minimum Gasteiger partial charge on any atom is -0.337 e. The average Bonchev–Trinajstić information content (AvgIpc) is 3.16. The van der Waals surface area contributed by atoms with Crippen LogP contribution in [-0.2, 0) is 13.6 Å². The molecule has 3 atom stereocenters. The van der Waals surface area contributed by atoms with E-state index in [0.717, 1.165) is 12.2 Å². The van der Waals surface area contributed by atoms with Crippen LogP contribution in [0.1, 0.15) is 35.2 Å². The maximum absolute atomic E-state index is 12.7. The molecule has 6 rings (SSSR count). The fourth-order valence-corrected chi connectivity index (χ4v) is 4.59. The topological polar surface area (TPSA) is 91.6 Å². The van der Waals surface area contributed by atoms with Crippen molar-refractivity contribution in [2.24, 2.45) is 18.9 Å². The fourth-order valence-electron chi connectivity index (χ4n) is 4.59. The first-order valence-corrected chi connectivity index (χ1v) is 10.0. The van der Waals surface area contributed by atoms with E-state index in [9.17, 15) is 4.79 Å². The van der Waals surface area contributed by atoms with Crippen molar-refractivity contribution in [1.29, 1.82) is 0 Å². The summed E-state index contributed by atoms with van der Waals surface area (Å²) in [6.07, 6.45) is 6.46. The van der Waals surface area contributed by atoms with Crippen LogP contribution in [-0.4, -0.2) is 29.2 Å². The van der Waals surface area contributed by atoms with Gasteiger partial charge in [-0.15, -0.1) is 0 Å². The van der Waals surface area contributed by atoms with Gasteiger partial charge in [-0.25, -0.2) is 9.97 Å². The molecule has 0 amide bonds. The summed E-state index contributed by atoms with van der Waals surface area (Å²) in [4.78, 5) is 25.6. The van der Waals surface area contributed by atoms with Crippen LogP contribution in [0, 0.1) is 18.8 Å². The van der Waals surface area contributed by atoms with Crippen LogP contribution in [0.4, 0.5) is 0 Å². The zero-order valence-corrected chi connectivity index (χ0v) is 16.7. The highest BCUT2D eigenvalue weighted by molar-refractivity contribution is 5.71. The summed E-state index contributed by atoms with van der Waals surface area (Å²) in [5.74, 6) is 2.49. The van der Waals surface area contributed by atoms with Crippen molar-refractivity contribution in [2.45, 2.75) is 25.8 Å². The molecule has 0 N–H and O–H groups in total. The predicted molar refractivity (Wildman–Crippen MR) is 110 cm³/mol. The van der Waals surface area contributed by atoms with E-state index in [1.807, 2.05) is 0 Å². The van der Waals surface area contributed by atoms with Gasteiger partial charge in [0.2, 0.25) is 5.89 Å². The molecule has 1 aromatic carbocycles. The van der Waals surface area contributed by atoms with Crippen molar-refractivity contribution in [3.8, 4) is 0 Å². The molecule has 0 radical (unpaired) electrons. The monoisotopic (exact) mass is 400 g/mol. The number of imidazole rings is 1. The van der Waals surface area contributed by atoms with Crippen LogP contribution in [0.15, 0.2) is 52.3 Å². The fraction of sp³-hybridized carbons (Fsp3) is 0.318. The van der Waals surface area contributed by atoms with E-state index in [2.05, 4.69) is 57.4 Å². The number of benzene rings is 1. The number of aromatic nitrogens is 6. The van der Waals surface area contributed by atoms with Crippen LogP contribution in [0.2, 0.25) is 0 Å². The Morgan fingerprint density at radius 1 is 1.17 bits per heavy atom. The number of rotatable bonds is 4. The smallest absolute Gasteiger partial charge is 0.280 e. The van der Waals surface area contributed by atoms with E-state index in [0.29, 0.717) is 34.8 Å². The van der Waals surface area contributed by atoms with Crippen molar-refractivity contribution in [2.75, 3.05) is 0 Å². The maximum atomic E-state index is 12.7. The second-order valence-corrected chi connectivity index (χ2v) is 8.28. The summed E-state index contributed by atoms with van der Waals surface area (Å²) >= 11 is 0. The molecule has 150 valence electrons. The molecular formula is C22H20N6O2. The van der Waals surface area contributed by atoms with E-state index < -0.39 is 0 Å². The Morgan fingerprint density at radius 2 is 1.97 bits per heavy atom. The van der Waals surface area contributed by atoms with Gasteiger partial charge in [0.15, 0.2) is 17.0 Å². The quantitative estimate of drug-likeness (QED) is 0.523. The van der Waals surface area contributed by atoms with Gasteiger partial charge in [0.05, 0.1) is 6.33 Å². The lowest BCUT2D eigenvalue weighted by Gasteiger charge is -2.06. The average molecular weight is 400 g/mol. The first-order valence-electron chi connectivity index (χ1n) is 10.0. The summed E-state index contributed by atoms with van der Waals surface area (Å²) in [6.45, 7) is 2.31. The van der Waals surface area contributed by atoms with Gasteiger partial charge in [-0.3, -0.25) is 9.36 Å². The Kier molecular flexibility index (Phi) is 3.59. The second-order valence-electron chi connectivity index (χ2n) is 8.28. The summed E-state index contributed by atoms with van der Waals surface area (Å²) < 4.78 is 8.59. The highest BCUT2D eigenvalue weighted by Gasteiger charge is 2.55. The Labute approximate surface area is 171 Å². The van der Waals surface area contributed by atoms with Gasteiger partial charge < -0.3 is 9.09 Å². The largest absolute Gasteiger partial charge is 0.337 e. The summed E-state index contributed by atoms with van der Waals surface area (Å²) in [6, 6.07) is 8.70. The number of fused-ring (bicyclic) bond motifs is 2. The van der Waals surface area contributed by atoms with Crippen molar-refractivity contribution >= 4 is 16.7 Å². The minimum absolute atomic E-state index is 0.172. The van der Waals surface area contributed by atoms with Crippen molar-refractivity contribution in [1.82, 2.24) is 29.2 Å². The van der Waals surface area contributed by atoms with Gasteiger partial charge in [0.1, 0.15) is 12.9 Å². The summed E-state index contributed by atoms with van der Waals surface area (Å²) in [5, 5.41) is 4.20.